The van der Waals surface area contributed by atoms with Crippen molar-refractivity contribution in [3.8, 4) is 0 Å². The van der Waals surface area contributed by atoms with Crippen LogP contribution < -0.4 is 0 Å². The summed E-state index contributed by atoms with van der Waals surface area (Å²) < 4.78 is 1.41. The maximum absolute atomic E-state index is 10.7. The average molecular weight is 203 g/mol. The van der Waals surface area contributed by atoms with Crippen LogP contribution in [0.2, 0.25) is 5.02 Å². The Bertz CT molecular complexity index is 320. The molecule has 13 heavy (non-hydrogen) atoms. The molecule has 0 unspecified atom stereocenters. The molecule has 0 aliphatic rings. The lowest BCUT2D eigenvalue weighted by atomic mass is 10.2. The maximum atomic E-state index is 10.7. The van der Waals surface area contributed by atoms with Gasteiger partial charge in [0.15, 0.2) is 5.69 Å². The van der Waals surface area contributed by atoms with Crippen molar-refractivity contribution < 1.29 is 9.90 Å². The minimum atomic E-state index is -1.04. The molecule has 5 heteroatoms. The van der Waals surface area contributed by atoms with Crippen molar-refractivity contribution in [1.82, 2.24) is 9.78 Å². The largest absolute Gasteiger partial charge is 0.476 e. The van der Waals surface area contributed by atoms with E-state index in [2.05, 4.69) is 5.10 Å². The summed E-state index contributed by atoms with van der Waals surface area (Å²) in [7, 11) is 0. The zero-order valence-corrected chi connectivity index (χ0v) is 8.25. The van der Waals surface area contributed by atoms with Gasteiger partial charge in [0, 0.05) is 6.54 Å². The van der Waals surface area contributed by atoms with Crippen LogP contribution >= 0.6 is 11.6 Å². The molecule has 1 rings (SSSR count). The number of hydrogen-bond donors (Lipinski definition) is 1. The summed E-state index contributed by atoms with van der Waals surface area (Å²) in [4.78, 5) is 10.7. The second-order valence-corrected chi connectivity index (χ2v) is 3.63. The number of rotatable bonds is 3. The monoisotopic (exact) mass is 202 g/mol. The summed E-state index contributed by atoms with van der Waals surface area (Å²) >= 11 is 5.66. The van der Waals surface area contributed by atoms with Crippen molar-refractivity contribution in [2.45, 2.75) is 20.4 Å². The molecule has 0 radical (unpaired) electrons. The van der Waals surface area contributed by atoms with E-state index in [0.717, 1.165) is 0 Å². The first-order chi connectivity index (χ1) is 6.02. The Hall–Kier alpha value is -1.03. The molecule has 0 aliphatic carbocycles. The number of aromatic carboxylic acids is 1. The van der Waals surface area contributed by atoms with Gasteiger partial charge in [0.2, 0.25) is 0 Å². The molecular weight excluding hydrogens is 192 g/mol. The fourth-order valence-corrected chi connectivity index (χ4v) is 1.28. The van der Waals surface area contributed by atoms with Crippen LogP contribution in [0.1, 0.15) is 24.3 Å². The molecule has 72 valence electrons. The summed E-state index contributed by atoms with van der Waals surface area (Å²) in [5, 5.41) is 12.9. The van der Waals surface area contributed by atoms with Crippen molar-refractivity contribution in [1.29, 1.82) is 0 Å². The molecule has 0 aliphatic heterocycles. The van der Waals surface area contributed by atoms with Gasteiger partial charge in [-0.1, -0.05) is 25.4 Å². The number of carboxylic acid groups (broad SMARTS) is 1. The van der Waals surface area contributed by atoms with Crippen molar-refractivity contribution in [3.05, 3.63) is 16.9 Å². The molecule has 0 saturated carbocycles. The number of halogens is 1. The Kier molecular flexibility index (Phi) is 2.93. The molecule has 0 bridgehead atoms. The molecule has 0 spiro atoms. The van der Waals surface area contributed by atoms with E-state index in [9.17, 15) is 4.79 Å². The second kappa shape index (κ2) is 3.79. The fourth-order valence-electron chi connectivity index (χ4n) is 1.06. The van der Waals surface area contributed by atoms with E-state index < -0.39 is 5.97 Å². The summed E-state index contributed by atoms with van der Waals surface area (Å²) in [6, 6.07) is 0. The Morgan fingerprint density at radius 1 is 1.77 bits per heavy atom. The third-order valence-corrected chi connectivity index (χ3v) is 1.81. The van der Waals surface area contributed by atoms with Crippen molar-refractivity contribution >= 4 is 17.6 Å². The lowest BCUT2D eigenvalue weighted by Crippen LogP contribution is -2.13. The summed E-state index contributed by atoms with van der Waals surface area (Å²) in [5.74, 6) is -0.697. The van der Waals surface area contributed by atoms with Gasteiger partial charge in [-0.3, -0.25) is 4.68 Å². The zero-order valence-electron chi connectivity index (χ0n) is 7.49. The van der Waals surface area contributed by atoms with Crippen LogP contribution in [0.25, 0.3) is 0 Å². The molecule has 0 aromatic carbocycles. The lowest BCUT2D eigenvalue weighted by Gasteiger charge is -2.06. The van der Waals surface area contributed by atoms with Gasteiger partial charge in [-0.25, -0.2) is 4.79 Å². The van der Waals surface area contributed by atoms with E-state index in [1.54, 1.807) is 0 Å². The van der Waals surface area contributed by atoms with Crippen LogP contribution in [0, 0.1) is 5.92 Å². The SMILES string of the molecule is CC(C)Cn1ncc(Cl)c1C(=O)O. The van der Waals surface area contributed by atoms with E-state index in [-0.39, 0.29) is 10.7 Å². The predicted octanol–water partition coefficient (Wildman–Crippen LogP) is 1.89. The number of hydrogen-bond acceptors (Lipinski definition) is 2. The first-order valence-corrected chi connectivity index (χ1v) is 4.34. The quantitative estimate of drug-likeness (QED) is 0.815. The highest BCUT2D eigenvalue weighted by Crippen LogP contribution is 2.15. The smallest absolute Gasteiger partial charge is 0.355 e. The third kappa shape index (κ3) is 2.21. The summed E-state index contributed by atoms with van der Waals surface area (Å²) in [6.07, 6.45) is 1.35. The first-order valence-electron chi connectivity index (χ1n) is 3.97. The fraction of sp³-hybridized carbons (Fsp3) is 0.500. The van der Waals surface area contributed by atoms with E-state index in [1.807, 2.05) is 13.8 Å². The van der Waals surface area contributed by atoms with Crippen molar-refractivity contribution in [2.24, 2.45) is 5.92 Å². The topological polar surface area (TPSA) is 55.1 Å². The van der Waals surface area contributed by atoms with E-state index in [1.165, 1.54) is 10.9 Å². The highest BCUT2D eigenvalue weighted by atomic mass is 35.5. The Labute approximate surface area is 81.1 Å². The van der Waals surface area contributed by atoms with Crippen LogP contribution in [0.3, 0.4) is 0 Å². The molecule has 1 N–H and O–H groups in total. The van der Waals surface area contributed by atoms with Gasteiger partial charge >= 0.3 is 5.97 Å². The van der Waals surface area contributed by atoms with Gasteiger partial charge in [-0.15, -0.1) is 0 Å². The van der Waals surface area contributed by atoms with E-state index in [0.29, 0.717) is 12.5 Å². The molecule has 0 fully saturated rings. The Morgan fingerprint density at radius 2 is 2.38 bits per heavy atom. The van der Waals surface area contributed by atoms with Crippen molar-refractivity contribution in [3.63, 3.8) is 0 Å². The normalized spacial score (nSPS) is 10.8. The van der Waals surface area contributed by atoms with Crippen LogP contribution in [0.5, 0.6) is 0 Å². The van der Waals surface area contributed by atoms with E-state index >= 15 is 0 Å². The maximum Gasteiger partial charge on any atom is 0.355 e. The highest BCUT2D eigenvalue weighted by Gasteiger charge is 2.16. The molecule has 0 atom stereocenters. The molecular formula is C8H11ClN2O2. The van der Waals surface area contributed by atoms with Crippen LogP contribution in [0.4, 0.5) is 0 Å². The van der Waals surface area contributed by atoms with Crippen LogP contribution in [-0.2, 0) is 6.54 Å². The zero-order chi connectivity index (χ0) is 10.0. The average Bonchev–Trinajstić information content (AvgIpc) is 2.30. The summed E-state index contributed by atoms with van der Waals surface area (Å²) in [5.41, 5.74) is 0.0652. The lowest BCUT2D eigenvalue weighted by molar-refractivity contribution is 0.0682. The third-order valence-electron chi connectivity index (χ3n) is 1.54. The molecule has 1 aromatic rings. The van der Waals surface area contributed by atoms with Gasteiger partial charge in [-0.2, -0.15) is 5.10 Å². The van der Waals surface area contributed by atoms with Gasteiger partial charge in [0.1, 0.15) is 0 Å². The predicted molar refractivity (Wildman–Crippen MR) is 49.0 cm³/mol. The van der Waals surface area contributed by atoms with Gasteiger partial charge in [-0.05, 0) is 5.92 Å². The number of nitrogens with zero attached hydrogens (tertiary/aromatic N) is 2. The van der Waals surface area contributed by atoms with Crippen LogP contribution in [0.15, 0.2) is 6.20 Å². The number of carboxylic acids is 1. The summed E-state index contributed by atoms with van der Waals surface area (Å²) in [6.45, 7) is 4.54. The minimum absolute atomic E-state index is 0.0652. The number of aromatic nitrogens is 2. The standard InChI is InChI=1S/C8H11ClN2O2/c1-5(2)4-11-7(8(12)13)6(9)3-10-11/h3,5H,4H2,1-2H3,(H,12,13). The molecule has 0 saturated heterocycles. The Balaban J connectivity index is 3.00. The van der Waals surface area contributed by atoms with Gasteiger partial charge in [0.05, 0.1) is 11.2 Å². The number of carbonyl (C=O) groups is 1. The van der Waals surface area contributed by atoms with Gasteiger partial charge in [0.25, 0.3) is 0 Å². The molecule has 1 heterocycles. The minimum Gasteiger partial charge on any atom is -0.476 e. The molecule has 1 aromatic heterocycles. The molecule has 0 amide bonds. The van der Waals surface area contributed by atoms with Crippen molar-refractivity contribution in [2.75, 3.05) is 0 Å². The van der Waals surface area contributed by atoms with Gasteiger partial charge < -0.3 is 5.11 Å². The second-order valence-electron chi connectivity index (χ2n) is 3.22. The first kappa shape index (κ1) is 10.1. The Morgan fingerprint density at radius 3 is 2.85 bits per heavy atom. The molecule has 4 nitrogen and oxygen atoms in total. The highest BCUT2D eigenvalue weighted by molar-refractivity contribution is 6.33. The van der Waals surface area contributed by atoms with Crippen LogP contribution in [-0.4, -0.2) is 20.9 Å². The van der Waals surface area contributed by atoms with E-state index in [4.69, 9.17) is 16.7 Å².